The standard InChI is InChI=1S/C40H64FN4O9P/c1-3-4-5-6-7-8-9-10-11-12-13-14-15-16-17-18-24-50-27-33(51-26-31-20-19-21-32(41)25-31)28-52-55(48,49)53-29-35-37(46)38(47)40(2,54-35)36-23-22-34-39(42)43-30-44-45(34)36/h19-23,25,30,33,35,37-38,46-47H,3-18,24,26-29H2,1-2H3,(H,48,49)(H2,42,43,44)/t33-,35-,37-,38-,40+/m1/s1. The van der Waals surface area contributed by atoms with Crippen molar-refractivity contribution in [3.63, 3.8) is 0 Å². The average Bonchev–Trinajstić information content (AvgIpc) is 3.71. The van der Waals surface area contributed by atoms with Gasteiger partial charge in [-0.2, -0.15) is 5.10 Å². The Morgan fingerprint density at radius 3 is 2.20 bits per heavy atom. The van der Waals surface area contributed by atoms with Crippen molar-refractivity contribution in [2.45, 2.75) is 153 Å². The molecule has 6 atom stereocenters. The van der Waals surface area contributed by atoms with Crippen LogP contribution in [-0.2, 0) is 40.0 Å². The van der Waals surface area contributed by atoms with Crippen LogP contribution in [0.4, 0.5) is 10.2 Å². The average molecular weight is 795 g/mol. The summed E-state index contributed by atoms with van der Waals surface area (Å²) in [5.41, 5.74) is 5.95. The largest absolute Gasteiger partial charge is 0.472 e. The predicted octanol–water partition coefficient (Wildman–Crippen LogP) is 7.78. The molecule has 4 rings (SSSR count). The van der Waals surface area contributed by atoms with Crippen LogP contribution in [-0.4, -0.2) is 80.5 Å². The van der Waals surface area contributed by atoms with Gasteiger partial charge in [-0.05, 0) is 43.2 Å². The lowest BCUT2D eigenvalue weighted by Crippen LogP contribution is -2.39. The van der Waals surface area contributed by atoms with Crippen LogP contribution in [0, 0.1) is 5.82 Å². The maximum atomic E-state index is 13.8. The topological polar surface area (TPSA) is 180 Å². The molecule has 1 fully saturated rings. The lowest BCUT2D eigenvalue weighted by Gasteiger charge is -2.27. The van der Waals surface area contributed by atoms with E-state index in [1.807, 2.05) is 0 Å². The zero-order valence-corrected chi connectivity index (χ0v) is 33.6. The van der Waals surface area contributed by atoms with Crippen LogP contribution >= 0.6 is 7.82 Å². The van der Waals surface area contributed by atoms with Crippen LogP contribution in [0.1, 0.15) is 128 Å². The molecule has 1 aliphatic heterocycles. The fraction of sp³-hybridized carbons (Fsp3) is 0.700. The number of phosphoric ester groups is 1. The Morgan fingerprint density at radius 1 is 0.927 bits per heavy atom. The van der Waals surface area contributed by atoms with E-state index in [1.165, 1.54) is 106 Å². The molecule has 5 N–H and O–H groups in total. The number of hydrogen-bond acceptors (Lipinski definition) is 11. The highest BCUT2D eigenvalue weighted by molar-refractivity contribution is 7.47. The number of nitrogen functional groups attached to an aromatic ring is 1. The Bertz CT molecular complexity index is 1580. The SMILES string of the molecule is CCCCCCCCCCCCCCCCCCOC[C@H](COP(=O)(O)OC[C@H]1O[C@@](C)(c2ccc3c(N)ncnn23)[C@H](O)[C@@H]1O)OCc1cccc(F)c1. The second-order valence-electron chi connectivity index (χ2n) is 14.9. The molecule has 2 aromatic heterocycles. The van der Waals surface area contributed by atoms with E-state index >= 15 is 0 Å². The van der Waals surface area contributed by atoms with Crippen LogP contribution < -0.4 is 5.73 Å². The first-order valence-electron chi connectivity index (χ1n) is 20.2. The van der Waals surface area contributed by atoms with Gasteiger partial charge in [0.05, 0.1) is 32.1 Å². The maximum absolute atomic E-state index is 13.8. The number of aliphatic hydroxyl groups is 2. The monoisotopic (exact) mass is 794 g/mol. The summed E-state index contributed by atoms with van der Waals surface area (Å²) < 4.78 is 56.5. The zero-order chi connectivity index (χ0) is 39.5. The molecule has 1 aliphatic rings. The Balaban J connectivity index is 1.15. The first-order valence-corrected chi connectivity index (χ1v) is 21.7. The summed E-state index contributed by atoms with van der Waals surface area (Å²) in [6, 6.07) is 9.28. The number of fused-ring (bicyclic) bond motifs is 1. The van der Waals surface area contributed by atoms with E-state index in [0.717, 1.165) is 19.3 Å². The number of nitrogens with zero attached hydrogens (tertiary/aromatic N) is 3. The molecule has 0 aliphatic carbocycles. The highest BCUT2D eigenvalue weighted by Gasteiger charge is 2.54. The molecular weight excluding hydrogens is 730 g/mol. The molecule has 0 bridgehead atoms. The van der Waals surface area contributed by atoms with Crippen LogP contribution in [0.5, 0.6) is 0 Å². The van der Waals surface area contributed by atoms with Crippen molar-refractivity contribution in [2.24, 2.45) is 0 Å². The van der Waals surface area contributed by atoms with E-state index in [1.54, 1.807) is 31.2 Å². The van der Waals surface area contributed by atoms with Gasteiger partial charge < -0.3 is 35.1 Å². The molecular formula is C40H64FN4O9P. The van der Waals surface area contributed by atoms with Gasteiger partial charge in [0, 0.05) is 6.61 Å². The minimum absolute atomic E-state index is 0.0361. The van der Waals surface area contributed by atoms with Gasteiger partial charge in [0.25, 0.3) is 0 Å². The summed E-state index contributed by atoms with van der Waals surface area (Å²) in [6.07, 6.45) is 16.9. The fourth-order valence-corrected chi connectivity index (χ4v) is 7.76. The Kier molecular flexibility index (Phi) is 19.4. The summed E-state index contributed by atoms with van der Waals surface area (Å²) in [7, 11) is -4.69. The van der Waals surface area contributed by atoms with Crippen molar-refractivity contribution in [1.82, 2.24) is 14.6 Å². The molecule has 1 unspecified atom stereocenters. The van der Waals surface area contributed by atoms with Gasteiger partial charge in [0.15, 0.2) is 5.82 Å². The Labute approximate surface area is 325 Å². The van der Waals surface area contributed by atoms with Crippen molar-refractivity contribution in [1.29, 1.82) is 0 Å². The molecule has 1 aromatic carbocycles. The molecule has 0 radical (unpaired) electrons. The minimum atomic E-state index is -4.69. The first kappa shape index (κ1) is 45.2. The molecule has 1 saturated heterocycles. The van der Waals surface area contributed by atoms with Gasteiger partial charge in [-0.1, -0.05) is 115 Å². The molecule has 0 amide bonds. The van der Waals surface area contributed by atoms with Crippen LogP contribution in [0.25, 0.3) is 5.52 Å². The van der Waals surface area contributed by atoms with Crippen molar-refractivity contribution < 1.29 is 47.3 Å². The fourth-order valence-electron chi connectivity index (χ4n) is 6.99. The van der Waals surface area contributed by atoms with Gasteiger partial charge in [0.1, 0.15) is 47.7 Å². The number of unbranched alkanes of at least 4 members (excludes halogenated alkanes) is 15. The second kappa shape index (κ2) is 23.6. The number of aliphatic hydroxyl groups excluding tert-OH is 2. The van der Waals surface area contributed by atoms with E-state index in [4.69, 9.17) is 29.0 Å². The third-order valence-corrected chi connectivity index (χ3v) is 11.3. The number of anilines is 1. The summed E-state index contributed by atoms with van der Waals surface area (Å²) >= 11 is 0. The number of aromatic nitrogens is 3. The van der Waals surface area contributed by atoms with E-state index < -0.39 is 50.3 Å². The van der Waals surface area contributed by atoms with Gasteiger partial charge in [-0.15, -0.1) is 0 Å². The van der Waals surface area contributed by atoms with Gasteiger partial charge in [0.2, 0.25) is 0 Å². The lowest BCUT2D eigenvalue weighted by atomic mass is 9.93. The predicted molar refractivity (Wildman–Crippen MR) is 209 cm³/mol. The molecule has 310 valence electrons. The molecule has 15 heteroatoms. The highest BCUT2D eigenvalue weighted by Crippen LogP contribution is 2.46. The van der Waals surface area contributed by atoms with E-state index in [9.17, 15) is 24.1 Å². The normalized spacial score (nSPS) is 21.7. The Morgan fingerprint density at radius 2 is 1.56 bits per heavy atom. The first-order chi connectivity index (χ1) is 26.5. The lowest BCUT2D eigenvalue weighted by molar-refractivity contribution is -0.0901. The molecule has 13 nitrogen and oxygen atoms in total. The number of hydrogen-bond donors (Lipinski definition) is 4. The van der Waals surface area contributed by atoms with Crippen molar-refractivity contribution in [3.05, 3.63) is 59.8 Å². The highest BCUT2D eigenvalue weighted by atomic mass is 31.2. The van der Waals surface area contributed by atoms with Crippen molar-refractivity contribution in [2.75, 3.05) is 32.2 Å². The summed E-state index contributed by atoms with van der Waals surface area (Å²) in [6.45, 7) is 3.53. The number of rotatable bonds is 29. The second-order valence-corrected chi connectivity index (χ2v) is 16.3. The van der Waals surface area contributed by atoms with Gasteiger partial charge in [-0.3, -0.25) is 9.05 Å². The summed E-state index contributed by atoms with van der Waals surface area (Å²) in [5.74, 6) is -0.179. The smallest absolute Gasteiger partial charge is 0.387 e. The summed E-state index contributed by atoms with van der Waals surface area (Å²) in [5, 5.41) is 26.0. The van der Waals surface area contributed by atoms with Gasteiger partial charge >= 0.3 is 7.82 Å². The third-order valence-electron chi connectivity index (χ3n) is 10.3. The molecule has 0 spiro atoms. The van der Waals surface area contributed by atoms with E-state index in [2.05, 4.69) is 17.0 Å². The quantitative estimate of drug-likeness (QED) is 0.0397. The number of phosphoric acid groups is 1. The van der Waals surface area contributed by atoms with Gasteiger partial charge in [-0.25, -0.2) is 18.5 Å². The number of nitrogens with two attached hydrogens (primary N) is 1. The molecule has 55 heavy (non-hydrogen) atoms. The minimum Gasteiger partial charge on any atom is -0.387 e. The van der Waals surface area contributed by atoms with E-state index in [0.29, 0.717) is 23.4 Å². The van der Waals surface area contributed by atoms with E-state index in [-0.39, 0.29) is 25.6 Å². The summed E-state index contributed by atoms with van der Waals surface area (Å²) in [4.78, 5) is 14.5. The number of halogens is 1. The number of ether oxygens (including phenoxy) is 3. The maximum Gasteiger partial charge on any atom is 0.472 e. The molecule has 0 saturated carbocycles. The molecule has 3 heterocycles. The van der Waals surface area contributed by atoms with Crippen LogP contribution in [0.2, 0.25) is 0 Å². The van der Waals surface area contributed by atoms with Crippen molar-refractivity contribution >= 4 is 19.2 Å². The third kappa shape index (κ3) is 14.7. The molecule has 3 aromatic rings. The van der Waals surface area contributed by atoms with Crippen molar-refractivity contribution in [3.8, 4) is 0 Å². The number of benzene rings is 1. The van der Waals surface area contributed by atoms with Crippen LogP contribution in [0.15, 0.2) is 42.7 Å². The van der Waals surface area contributed by atoms with Crippen LogP contribution in [0.3, 0.4) is 0 Å². The zero-order valence-electron chi connectivity index (χ0n) is 32.7. The Hall–Kier alpha value is -2.52.